The maximum atomic E-state index is 13.2. The fourth-order valence-corrected chi connectivity index (χ4v) is 1.09. The van der Waals surface area contributed by atoms with E-state index in [1.165, 1.54) is 21.0 Å². The second kappa shape index (κ2) is 3.44. The maximum Gasteiger partial charge on any atom is 0.318 e. The van der Waals surface area contributed by atoms with Gasteiger partial charge in [0.1, 0.15) is 5.41 Å². The van der Waals surface area contributed by atoms with Gasteiger partial charge in [0, 0.05) is 0 Å². The molecular formula is C9H15FO3. The molecular weight excluding hydrogens is 175 g/mol. The smallest absolute Gasteiger partial charge is 0.318 e. The van der Waals surface area contributed by atoms with Crippen molar-refractivity contribution in [3.63, 3.8) is 0 Å². The van der Waals surface area contributed by atoms with Crippen molar-refractivity contribution in [1.82, 2.24) is 0 Å². The Balaban J connectivity index is 4.85. The average molecular weight is 190 g/mol. The van der Waals surface area contributed by atoms with Gasteiger partial charge in [-0.2, -0.15) is 0 Å². The molecule has 3 nitrogen and oxygen atoms in total. The standard InChI is InChI=1S/C9H15FO3/c1-8(2,7(12)13-5)6(11)9(3,4)10/h1-5H3. The van der Waals surface area contributed by atoms with E-state index in [2.05, 4.69) is 4.74 Å². The molecule has 0 aromatic carbocycles. The van der Waals surface area contributed by atoms with Gasteiger partial charge in [-0.15, -0.1) is 0 Å². The highest BCUT2D eigenvalue weighted by Crippen LogP contribution is 2.27. The molecule has 0 aromatic rings. The van der Waals surface area contributed by atoms with Crippen molar-refractivity contribution in [3.8, 4) is 0 Å². The Morgan fingerprint density at radius 1 is 1.15 bits per heavy atom. The topological polar surface area (TPSA) is 43.4 Å². The predicted octanol–water partition coefficient (Wildman–Crippen LogP) is 1.50. The van der Waals surface area contributed by atoms with E-state index in [9.17, 15) is 14.0 Å². The number of Topliss-reactive ketones (excluding diaryl/α,β-unsaturated/α-hetero) is 1. The molecule has 0 aliphatic carbocycles. The molecule has 13 heavy (non-hydrogen) atoms. The number of ketones is 1. The number of carbonyl (C=O) groups excluding carboxylic acids is 2. The summed E-state index contributed by atoms with van der Waals surface area (Å²) in [6.45, 7) is 4.95. The first-order valence-corrected chi connectivity index (χ1v) is 3.96. The second-order valence-electron chi connectivity index (χ2n) is 3.92. The van der Waals surface area contributed by atoms with Gasteiger partial charge >= 0.3 is 5.97 Å². The summed E-state index contributed by atoms with van der Waals surface area (Å²) >= 11 is 0. The molecule has 0 N–H and O–H groups in total. The van der Waals surface area contributed by atoms with Crippen molar-refractivity contribution in [2.24, 2.45) is 5.41 Å². The van der Waals surface area contributed by atoms with Crippen LogP contribution in [0.4, 0.5) is 4.39 Å². The number of methoxy groups -OCH3 is 1. The fourth-order valence-electron chi connectivity index (χ4n) is 1.09. The number of hydrogen-bond donors (Lipinski definition) is 0. The molecule has 0 bridgehead atoms. The fraction of sp³-hybridized carbons (Fsp3) is 0.778. The minimum atomic E-state index is -2.02. The summed E-state index contributed by atoms with van der Waals surface area (Å²) in [4.78, 5) is 22.5. The largest absolute Gasteiger partial charge is 0.468 e. The Kier molecular flexibility index (Phi) is 3.19. The molecule has 0 radical (unpaired) electrons. The SMILES string of the molecule is COC(=O)C(C)(C)C(=O)C(C)(C)F. The van der Waals surface area contributed by atoms with E-state index in [0.29, 0.717) is 0 Å². The Hall–Kier alpha value is -0.930. The minimum Gasteiger partial charge on any atom is -0.468 e. The Labute approximate surface area is 77.3 Å². The van der Waals surface area contributed by atoms with Crippen molar-refractivity contribution in [2.45, 2.75) is 33.4 Å². The van der Waals surface area contributed by atoms with E-state index in [0.717, 1.165) is 13.8 Å². The zero-order chi connectivity index (χ0) is 10.9. The quantitative estimate of drug-likeness (QED) is 0.500. The van der Waals surface area contributed by atoms with Crippen LogP contribution in [0.3, 0.4) is 0 Å². The van der Waals surface area contributed by atoms with Crippen molar-refractivity contribution in [2.75, 3.05) is 7.11 Å². The molecule has 0 heterocycles. The molecule has 0 saturated heterocycles. The number of esters is 1. The van der Waals surface area contributed by atoms with Gasteiger partial charge in [-0.3, -0.25) is 9.59 Å². The van der Waals surface area contributed by atoms with Crippen molar-refractivity contribution < 1.29 is 18.7 Å². The van der Waals surface area contributed by atoms with Crippen molar-refractivity contribution in [3.05, 3.63) is 0 Å². The molecule has 0 saturated carbocycles. The van der Waals surface area contributed by atoms with E-state index in [1.54, 1.807) is 0 Å². The molecule has 0 rings (SSSR count). The third-order valence-corrected chi connectivity index (χ3v) is 1.80. The zero-order valence-electron chi connectivity index (χ0n) is 8.60. The monoisotopic (exact) mass is 190 g/mol. The van der Waals surface area contributed by atoms with E-state index in [1.807, 2.05) is 0 Å². The van der Waals surface area contributed by atoms with Crippen LogP contribution in [-0.4, -0.2) is 24.5 Å². The van der Waals surface area contributed by atoms with Crippen LogP contribution in [-0.2, 0) is 14.3 Å². The molecule has 0 amide bonds. The first-order valence-electron chi connectivity index (χ1n) is 3.96. The molecule has 4 heteroatoms. The molecule has 0 aromatic heterocycles. The lowest BCUT2D eigenvalue weighted by Crippen LogP contribution is -2.44. The summed E-state index contributed by atoms with van der Waals surface area (Å²) in [7, 11) is 1.17. The van der Waals surface area contributed by atoms with Crippen LogP contribution in [0.15, 0.2) is 0 Å². The minimum absolute atomic E-state index is 0.719. The van der Waals surface area contributed by atoms with Gasteiger partial charge in [-0.05, 0) is 27.7 Å². The Morgan fingerprint density at radius 2 is 1.54 bits per heavy atom. The number of hydrogen-bond acceptors (Lipinski definition) is 3. The van der Waals surface area contributed by atoms with E-state index >= 15 is 0 Å². The summed E-state index contributed by atoms with van der Waals surface area (Å²) in [6, 6.07) is 0. The highest BCUT2D eigenvalue weighted by Gasteiger charge is 2.45. The van der Waals surface area contributed by atoms with Crippen LogP contribution in [0, 0.1) is 5.41 Å². The third-order valence-electron chi connectivity index (χ3n) is 1.80. The highest BCUT2D eigenvalue weighted by molar-refractivity contribution is 6.06. The van der Waals surface area contributed by atoms with Crippen molar-refractivity contribution >= 4 is 11.8 Å². The Morgan fingerprint density at radius 3 is 1.77 bits per heavy atom. The van der Waals surface area contributed by atoms with Crippen LogP contribution in [0.5, 0.6) is 0 Å². The van der Waals surface area contributed by atoms with Crippen LogP contribution in [0.1, 0.15) is 27.7 Å². The first-order chi connectivity index (χ1) is 5.64. The molecule has 0 atom stereocenters. The lowest BCUT2D eigenvalue weighted by atomic mass is 9.81. The maximum absolute atomic E-state index is 13.2. The lowest BCUT2D eigenvalue weighted by Gasteiger charge is -2.25. The van der Waals surface area contributed by atoms with Gasteiger partial charge in [-0.1, -0.05) is 0 Å². The number of ether oxygens (including phenoxy) is 1. The Bertz CT molecular complexity index is 226. The van der Waals surface area contributed by atoms with Gasteiger partial charge in [0.2, 0.25) is 0 Å². The number of alkyl halides is 1. The number of rotatable bonds is 3. The van der Waals surface area contributed by atoms with Crippen LogP contribution in [0.25, 0.3) is 0 Å². The van der Waals surface area contributed by atoms with Crippen LogP contribution >= 0.6 is 0 Å². The summed E-state index contributed by atoms with van der Waals surface area (Å²) in [5.41, 5.74) is -3.44. The predicted molar refractivity (Wildman–Crippen MR) is 46.0 cm³/mol. The van der Waals surface area contributed by atoms with Gasteiger partial charge in [0.25, 0.3) is 0 Å². The summed E-state index contributed by atoms with van der Waals surface area (Å²) in [5, 5.41) is 0. The average Bonchev–Trinajstić information content (AvgIpc) is 1.99. The second-order valence-corrected chi connectivity index (χ2v) is 3.92. The van der Waals surface area contributed by atoms with E-state index in [-0.39, 0.29) is 0 Å². The van der Waals surface area contributed by atoms with Crippen molar-refractivity contribution in [1.29, 1.82) is 0 Å². The molecule has 0 unspecified atom stereocenters. The molecule has 0 aliphatic heterocycles. The van der Waals surface area contributed by atoms with E-state index < -0.39 is 22.8 Å². The molecule has 0 spiro atoms. The molecule has 0 aliphatic rings. The zero-order valence-corrected chi connectivity index (χ0v) is 8.60. The summed E-state index contributed by atoms with van der Waals surface area (Å²) < 4.78 is 17.6. The number of carbonyl (C=O) groups is 2. The van der Waals surface area contributed by atoms with Gasteiger partial charge in [-0.25, -0.2) is 4.39 Å². The summed E-state index contributed by atoms with van der Waals surface area (Å²) in [5.74, 6) is -1.49. The van der Waals surface area contributed by atoms with Gasteiger partial charge in [0.05, 0.1) is 7.11 Å². The van der Waals surface area contributed by atoms with Crippen LogP contribution < -0.4 is 0 Å². The van der Waals surface area contributed by atoms with E-state index in [4.69, 9.17) is 0 Å². The lowest BCUT2D eigenvalue weighted by molar-refractivity contribution is -0.159. The third kappa shape index (κ3) is 2.50. The van der Waals surface area contributed by atoms with Gasteiger partial charge < -0.3 is 4.74 Å². The van der Waals surface area contributed by atoms with Crippen LogP contribution in [0.2, 0.25) is 0 Å². The normalized spacial score (nSPS) is 12.5. The molecule has 0 fully saturated rings. The highest BCUT2D eigenvalue weighted by atomic mass is 19.1. The molecule has 76 valence electrons. The van der Waals surface area contributed by atoms with Gasteiger partial charge in [0.15, 0.2) is 11.5 Å². The summed E-state index contributed by atoms with van der Waals surface area (Å²) in [6.07, 6.45) is 0. The first kappa shape index (κ1) is 12.1. The number of halogens is 1.